The molecule has 0 aliphatic carbocycles. The number of hydrogen-bond acceptors (Lipinski definition) is 8. The standard InChI is InChI=1S/C24H26BrFN4O4S/c1-5-33-22(31)18-17-11-14(28-23(32)34-24(2,3)4)12-30(17)20(21-27-8-9-35-21)29-19(18)15-7-6-13(26)10-16(15)25/h6-10,14,19H,5,11-12H2,1-4H3,(H,28,32)/t14-,19-/m0/s1. The highest BCUT2D eigenvalue weighted by Crippen LogP contribution is 2.42. The summed E-state index contributed by atoms with van der Waals surface area (Å²) in [7, 11) is 0. The summed E-state index contributed by atoms with van der Waals surface area (Å²) in [6, 6.07) is 3.21. The minimum absolute atomic E-state index is 0.190. The van der Waals surface area contributed by atoms with E-state index < -0.39 is 29.5 Å². The molecule has 1 aromatic heterocycles. The third kappa shape index (κ3) is 5.56. The molecule has 186 valence electrons. The minimum Gasteiger partial charge on any atom is -0.463 e. The second kappa shape index (κ2) is 10.1. The molecule has 8 nitrogen and oxygen atoms in total. The van der Waals surface area contributed by atoms with E-state index >= 15 is 0 Å². The van der Waals surface area contributed by atoms with Crippen LogP contribution in [0, 0.1) is 5.82 Å². The monoisotopic (exact) mass is 564 g/mol. The number of aromatic nitrogens is 1. The van der Waals surface area contributed by atoms with Gasteiger partial charge in [0.05, 0.1) is 18.2 Å². The van der Waals surface area contributed by atoms with Gasteiger partial charge < -0.3 is 19.7 Å². The van der Waals surface area contributed by atoms with E-state index in [-0.39, 0.29) is 12.6 Å². The number of nitrogens with zero attached hydrogens (tertiary/aromatic N) is 3. The number of benzene rings is 1. The van der Waals surface area contributed by atoms with Gasteiger partial charge >= 0.3 is 12.1 Å². The molecule has 1 saturated heterocycles. The van der Waals surface area contributed by atoms with Crippen LogP contribution in [-0.4, -0.2) is 52.6 Å². The highest BCUT2D eigenvalue weighted by Gasteiger charge is 2.43. The van der Waals surface area contributed by atoms with Crippen molar-refractivity contribution < 1.29 is 23.5 Å². The number of rotatable bonds is 5. The highest BCUT2D eigenvalue weighted by atomic mass is 79.9. The molecule has 0 unspecified atom stereocenters. The molecular weight excluding hydrogens is 539 g/mol. The third-order valence-electron chi connectivity index (χ3n) is 5.36. The van der Waals surface area contributed by atoms with Crippen molar-refractivity contribution in [2.45, 2.75) is 51.8 Å². The highest BCUT2D eigenvalue weighted by molar-refractivity contribution is 9.10. The summed E-state index contributed by atoms with van der Waals surface area (Å²) in [5.41, 5.74) is 1.02. The van der Waals surface area contributed by atoms with Gasteiger partial charge in [-0.05, 0) is 45.4 Å². The van der Waals surface area contributed by atoms with Crippen LogP contribution in [0.15, 0.2) is 50.5 Å². The van der Waals surface area contributed by atoms with Crippen LogP contribution in [0.25, 0.3) is 0 Å². The van der Waals surface area contributed by atoms with E-state index in [4.69, 9.17) is 14.5 Å². The average molecular weight is 565 g/mol. The van der Waals surface area contributed by atoms with Gasteiger partial charge in [0.25, 0.3) is 0 Å². The summed E-state index contributed by atoms with van der Waals surface area (Å²) in [4.78, 5) is 36.9. The summed E-state index contributed by atoms with van der Waals surface area (Å²) >= 11 is 4.85. The Morgan fingerprint density at radius 3 is 2.74 bits per heavy atom. The number of thiazole rings is 1. The van der Waals surface area contributed by atoms with Gasteiger partial charge in [0, 0.05) is 34.7 Å². The van der Waals surface area contributed by atoms with E-state index in [1.165, 1.54) is 23.5 Å². The van der Waals surface area contributed by atoms with Crippen LogP contribution in [0.4, 0.5) is 9.18 Å². The zero-order valence-corrected chi connectivity index (χ0v) is 22.2. The number of alkyl carbamates (subject to hydrolysis) is 1. The number of amides is 1. The van der Waals surface area contributed by atoms with Gasteiger partial charge in [-0.1, -0.05) is 22.0 Å². The second-order valence-electron chi connectivity index (χ2n) is 9.10. The molecule has 3 heterocycles. The Morgan fingerprint density at radius 1 is 1.34 bits per heavy atom. The molecule has 0 saturated carbocycles. The summed E-state index contributed by atoms with van der Waals surface area (Å²) in [5, 5.41) is 5.42. The predicted octanol–water partition coefficient (Wildman–Crippen LogP) is 4.96. The molecule has 1 N–H and O–H groups in total. The van der Waals surface area contributed by atoms with E-state index in [1.54, 1.807) is 40.0 Å². The van der Waals surface area contributed by atoms with E-state index in [1.807, 2.05) is 10.3 Å². The zero-order valence-electron chi connectivity index (χ0n) is 19.8. The topological polar surface area (TPSA) is 93.1 Å². The van der Waals surface area contributed by atoms with E-state index in [9.17, 15) is 14.0 Å². The van der Waals surface area contributed by atoms with Crippen LogP contribution in [-0.2, 0) is 14.3 Å². The first-order valence-electron chi connectivity index (χ1n) is 11.2. The average Bonchev–Trinajstić information content (AvgIpc) is 3.41. The van der Waals surface area contributed by atoms with Gasteiger partial charge in [0.1, 0.15) is 17.5 Å². The largest absolute Gasteiger partial charge is 0.463 e. The Bertz CT molecular complexity index is 1190. The second-order valence-corrected chi connectivity index (χ2v) is 10.8. The van der Waals surface area contributed by atoms with Crippen molar-refractivity contribution in [3.8, 4) is 0 Å². The normalized spacial score (nSPS) is 19.8. The van der Waals surface area contributed by atoms with Crippen LogP contribution >= 0.6 is 27.3 Å². The lowest BCUT2D eigenvalue weighted by Crippen LogP contribution is -2.41. The number of esters is 1. The predicted molar refractivity (Wildman–Crippen MR) is 134 cm³/mol. The van der Waals surface area contributed by atoms with Crippen LogP contribution in [0.3, 0.4) is 0 Å². The Balaban J connectivity index is 1.79. The third-order valence-corrected chi connectivity index (χ3v) is 6.81. The van der Waals surface area contributed by atoms with Gasteiger partial charge in [-0.15, -0.1) is 11.3 Å². The maximum Gasteiger partial charge on any atom is 0.407 e. The van der Waals surface area contributed by atoms with E-state index in [0.717, 1.165) is 0 Å². The number of carbonyl (C=O) groups is 2. The molecule has 4 rings (SSSR count). The van der Waals surface area contributed by atoms with Crippen LogP contribution in [0.2, 0.25) is 0 Å². The van der Waals surface area contributed by atoms with Crippen LogP contribution < -0.4 is 5.32 Å². The minimum atomic E-state index is -0.741. The molecular formula is C24H26BrFN4O4S. The summed E-state index contributed by atoms with van der Waals surface area (Å²) in [6.45, 7) is 7.69. The Morgan fingerprint density at radius 2 is 2.11 bits per heavy atom. The fourth-order valence-corrected chi connectivity index (χ4v) is 5.29. The first-order chi connectivity index (χ1) is 16.6. The lowest BCUT2D eigenvalue weighted by molar-refractivity contribution is -0.139. The number of carbonyl (C=O) groups excluding carboxylic acids is 2. The van der Waals surface area contributed by atoms with Gasteiger partial charge in [-0.25, -0.2) is 19.0 Å². The van der Waals surface area contributed by atoms with Crippen molar-refractivity contribution in [2.75, 3.05) is 13.2 Å². The lowest BCUT2D eigenvalue weighted by atomic mass is 9.94. The lowest BCUT2D eigenvalue weighted by Gasteiger charge is -2.31. The molecule has 35 heavy (non-hydrogen) atoms. The van der Waals surface area contributed by atoms with E-state index in [0.29, 0.717) is 45.1 Å². The summed E-state index contributed by atoms with van der Waals surface area (Å²) in [5.74, 6) is -0.332. The Hall–Kier alpha value is -2.79. The van der Waals surface area contributed by atoms with Crippen molar-refractivity contribution in [3.63, 3.8) is 0 Å². The van der Waals surface area contributed by atoms with Gasteiger partial charge in [-0.3, -0.25) is 4.99 Å². The molecule has 0 spiro atoms. The number of nitrogens with one attached hydrogen (secondary N) is 1. The molecule has 2 atom stereocenters. The van der Waals surface area contributed by atoms with Gasteiger partial charge in [0.15, 0.2) is 10.8 Å². The van der Waals surface area contributed by atoms with Crippen molar-refractivity contribution in [1.82, 2.24) is 15.2 Å². The van der Waals surface area contributed by atoms with Crippen molar-refractivity contribution in [2.24, 2.45) is 4.99 Å². The molecule has 1 aromatic carbocycles. The summed E-state index contributed by atoms with van der Waals surface area (Å²) in [6.07, 6.45) is 1.51. The van der Waals surface area contributed by atoms with Gasteiger partial charge in [-0.2, -0.15) is 0 Å². The maximum atomic E-state index is 13.9. The van der Waals surface area contributed by atoms with Crippen molar-refractivity contribution in [3.05, 3.63) is 61.9 Å². The first kappa shape index (κ1) is 25.3. The number of ether oxygens (including phenoxy) is 2. The molecule has 0 radical (unpaired) electrons. The molecule has 11 heteroatoms. The fraction of sp³-hybridized carbons (Fsp3) is 0.417. The van der Waals surface area contributed by atoms with Gasteiger partial charge in [0.2, 0.25) is 0 Å². The van der Waals surface area contributed by atoms with Crippen molar-refractivity contribution >= 4 is 45.2 Å². The molecule has 2 aliphatic heterocycles. The number of amidine groups is 1. The number of hydrogen-bond donors (Lipinski definition) is 1. The SMILES string of the molecule is CCOC(=O)C1=C2C[C@H](NC(=O)OC(C)(C)C)CN2C(c2nccs2)=N[C@H]1c1ccc(F)cc1Br. The molecule has 0 bridgehead atoms. The smallest absolute Gasteiger partial charge is 0.407 e. The Labute approximate surface area is 215 Å². The molecule has 1 amide bonds. The number of fused-ring (bicyclic) bond motifs is 1. The molecule has 2 aliphatic rings. The fourth-order valence-electron chi connectivity index (χ4n) is 4.08. The number of aliphatic imine (C=N–C) groups is 1. The maximum absolute atomic E-state index is 13.9. The van der Waals surface area contributed by atoms with Crippen LogP contribution in [0.5, 0.6) is 0 Å². The summed E-state index contributed by atoms with van der Waals surface area (Å²) < 4.78 is 25.2. The number of halogens is 2. The first-order valence-corrected chi connectivity index (χ1v) is 12.8. The van der Waals surface area contributed by atoms with E-state index in [2.05, 4.69) is 26.2 Å². The zero-order chi connectivity index (χ0) is 25.3. The molecule has 2 aromatic rings. The Kier molecular flexibility index (Phi) is 7.27. The molecule has 1 fully saturated rings. The van der Waals surface area contributed by atoms with Crippen molar-refractivity contribution in [1.29, 1.82) is 0 Å². The quantitative estimate of drug-likeness (QED) is 0.516. The van der Waals surface area contributed by atoms with Crippen LogP contribution in [0.1, 0.15) is 50.7 Å².